The van der Waals surface area contributed by atoms with Crippen molar-refractivity contribution >= 4 is 39.9 Å². The molecule has 2 fully saturated rings. The number of hydrogen-bond donors (Lipinski definition) is 5. The third kappa shape index (κ3) is 8.19. The minimum absolute atomic E-state index is 0.121. The molecule has 1 amide bonds. The number of carbonyl (C=O) groups excluding carboxylic acids is 1. The lowest BCUT2D eigenvalue weighted by Crippen LogP contribution is -2.43. The van der Waals surface area contributed by atoms with E-state index >= 15 is 0 Å². The molecule has 7 rings (SSSR count). The molecule has 51 heavy (non-hydrogen) atoms. The van der Waals surface area contributed by atoms with Gasteiger partial charge in [-0.15, -0.1) is 0 Å². The average molecular weight is 689 g/mol. The summed E-state index contributed by atoms with van der Waals surface area (Å²) in [5.41, 5.74) is 5.44. The summed E-state index contributed by atoms with van der Waals surface area (Å²) in [7, 11) is 0. The quantitative estimate of drug-likeness (QED) is 0.108. The summed E-state index contributed by atoms with van der Waals surface area (Å²) in [4.78, 5) is 29.6. The largest absolute Gasteiger partial charge is 0.391 e. The first kappa shape index (κ1) is 34.5. The predicted octanol–water partition coefficient (Wildman–Crippen LogP) is 5.44. The number of likely N-dealkylation sites (tertiary alicyclic amines) is 1. The molecule has 0 saturated carbocycles. The second-order valence-corrected chi connectivity index (χ2v) is 13.9. The van der Waals surface area contributed by atoms with Gasteiger partial charge in [0.1, 0.15) is 0 Å². The van der Waals surface area contributed by atoms with Crippen molar-refractivity contribution in [1.29, 1.82) is 0 Å². The van der Waals surface area contributed by atoms with Crippen molar-refractivity contribution < 1.29 is 9.90 Å². The van der Waals surface area contributed by atoms with Crippen molar-refractivity contribution in [2.75, 3.05) is 55.2 Å². The lowest BCUT2D eigenvalue weighted by Gasteiger charge is -2.28. The molecule has 5 heterocycles. The normalized spacial score (nSPS) is 18.5. The van der Waals surface area contributed by atoms with Gasteiger partial charge in [0.2, 0.25) is 17.8 Å². The Kier molecular flexibility index (Phi) is 10.8. The van der Waals surface area contributed by atoms with Crippen LogP contribution in [0.25, 0.3) is 27.7 Å². The third-order valence-electron chi connectivity index (χ3n) is 9.95. The van der Waals surface area contributed by atoms with E-state index in [1.54, 1.807) is 10.6 Å². The van der Waals surface area contributed by atoms with E-state index in [0.717, 1.165) is 77.1 Å². The Balaban J connectivity index is 1.09. The Hall–Kier alpha value is -4.91. The number of nitrogens with zero attached hydrogens (tertiary/aromatic N) is 6. The van der Waals surface area contributed by atoms with Crippen LogP contribution < -0.4 is 21.3 Å². The number of piperidine rings is 2. The van der Waals surface area contributed by atoms with Gasteiger partial charge >= 0.3 is 0 Å². The molecule has 2 aliphatic rings. The molecule has 2 saturated heterocycles. The maximum atomic E-state index is 12.7. The van der Waals surface area contributed by atoms with Crippen molar-refractivity contribution in [3.8, 4) is 11.3 Å². The number of β-amino-alcohol motifs (C(OH)–C–C–N with tert-alkyl or cyclic N) is 1. The molecule has 266 valence electrons. The average Bonchev–Trinajstić information content (AvgIpc) is 3.58. The molecule has 5 N–H and O–H groups in total. The minimum atomic E-state index is -0.408. The van der Waals surface area contributed by atoms with Crippen LogP contribution in [0.5, 0.6) is 0 Å². The molecule has 0 unspecified atom stereocenters. The number of rotatable bonds is 12. The zero-order valence-corrected chi connectivity index (χ0v) is 29.5. The van der Waals surface area contributed by atoms with Gasteiger partial charge in [0.15, 0.2) is 5.65 Å². The fraction of sp³-hybridized carbons (Fsp3) is 0.410. The highest BCUT2D eigenvalue weighted by molar-refractivity contribution is 6.02. The number of nitrogens with one attached hydrogen (secondary N) is 4. The highest BCUT2D eigenvalue weighted by Crippen LogP contribution is 2.31. The number of hydrogen-bond acceptors (Lipinski definition) is 10. The summed E-state index contributed by atoms with van der Waals surface area (Å²) in [5.74, 6) is 1.30. The van der Waals surface area contributed by atoms with Gasteiger partial charge in [-0.3, -0.25) is 14.7 Å². The highest BCUT2D eigenvalue weighted by atomic mass is 16.3. The monoisotopic (exact) mass is 688 g/mol. The van der Waals surface area contributed by atoms with Crippen LogP contribution in [0.4, 0.5) is 17.6 Å². The van der Waals surface area contributed by atoms with Crippen LogP contribution >= 0.6 is 0 Å². The smallest absolute Gasteiger partial charge is 0.248 e. The first-order chi connectivity index (χ1) is 24.9. The summed E-state index contributed by atoms with van der Waals surface area (Å²) in [6, 6.07) is 16.1. The Labute approximate surface area is 298 Å². The maximum absolute atomic E-state index is 12.7. The Morgan fingerprint density at radius 1 is 1.08 bits per heavy atom. The summed E-state index contributed by atoms with van der Waals surface area (Å²) in [6.45, 7) is 9.80. The molecule has 0 bridgehead atoms. The number of anilines is 3. The number of pyridine rings is 1. The zero-order chi connectivity index (χ0) is 35.2. The summed E-state index contributed by atoms with van der Waals surface area (Å²) >= 11 is 0. The second-order valence-electron chi connectivity index (χ2n) is 13.9. The fourth-order valence-electron chi connectivity index (χ4n) is 7.04. The van der Waals surface area contributed by atoms with Crippen LogP contribution in [0.3, 0.4) is 0 Å². The number of carbonyl (C=O) groups is 1. The van der Waals surface area contributed by atoms with Crippen molar-refractivity contribution in [2.45, 2.75) is 58.1 Å². The van der Waals surface area contributed by atoms with Crippen LogP contribution in [0.2, 0.25) is 0 Å². The summed E-state index contributed by atoms with van der Waals surface area (Å²) < 4.78 is 1.76. The van der Waals surface area contributed by atoms with Gasteiger partial charge in [0.05, 0.1) is 18.0 Å². The molecule has 0 radical (unpaired) electrons. The number of fused-ring (bicyclic) bond motifs is 2. The van der Waals surface area contributed by atoms with Gasteiger partial charge in [-0.05, 0) is 74.0 Å². The number of aromatic nitrogens is 5. The van der Waals surface area contributed by atoms with E-state index < -0.39 is 6.10 Å². The maximum Gasteiger partial charge on any atom is 0.248 e. The van der Waals surface area contributed by atoms with Crippen molar-refractivity contribution in [1.82, 2.24) is 34.8 Å². The predicted molar refractivity (Wildman–Crippen MR) is 203 cm³/mol. The van der Waals surface area contributed by atoms with Gasteiger partial charge in [-0.2, -0.15) is 19.6 Å². The van der Waals surface area contributed by atoms with E-state index in [-0.39, 0.29) is 17.7 Å². The molecular formula is C39H48N10O2. The molecule has 0 spiro atoms. The van der Waals surface area contributed by atoms with E-state index in [2.05, 4.69) is 57.2 Å². The third-order valence-corrected chi connectivity index (χ3v) is 9.95. The molecule has 5 aromatic rings. The fourth-order valence-corrected chi connectivity index (χ4v) is 7.04. The van der Waals surface area contributed by atoms with E-state index in [4.69, 9.17) is 15.0 Å². The van der Waals surface area contributed by atoms with Gasteiger partial charge in [0, 0.05) is 66.6 Å². The molecule has 2 atom stereocenters. The highest BCUT2D eigenvalue weighted by Gasteiger charge is 2.23. The number of aliphatic hydroxyl groups excluding tert-OH is 1. The molecular weight excluding hydrogens is 640 g/mol. The molecule has 12 nitrogen and oxygen atoms in total. The molecule has 12 heteroatoms. The van der Waals surface area contributed by atoms with Crippen LogP contribution in [-0.4, -0.2) is 85.9 Å². The Bertz CT molecular complexity index is 2000. The van der Waals surface area contributed by atoms with E-state index in [1.165, 1.54) is 19.3 Å². The van der Waals surface area contributed by atoms with Crippen molar-refractivity contribution in [2.24, 2.45) is 5.92 Å². The zero-order valence-electron chi connectivity index (χ0n) is 29.5. The SMILES string of the molecule is CC(C)c1cnn2c(NCc3ccccc3-c3nccc4cc(NC(=O)/C=C/CN5CCCCC5)ccc34)nc(NC[C@H]3CCNC[C@@H]3O)nc12. The minimum Gasteiger partial charge on any atom is -0.391 e. The van der Waals surface area contributed by atoms with E-state index in [9.17, 15) is 9.90 Å². The van der Waals surface area contributed by atoms with Crippen molar-refractivity contribution in [3.63, 3.8) is 0 Å². The van der Waals surface area contributed by atoms with Crippen molar-refractivity contribution in [3.05, 3.63) is 84.2 Å². The molecule has 3 aromatic heterocycles. The Morgan fingerprint density at radius 3 is 2.78 bits per heavy atom. The van der Waals surface area contributed by atoms with E-state index in [0.29, 0.717) is 31.5 Å². The van der Waals surface area contributed by atoms with Gasteiger partial charge in [0.25, 0.3) is 0 Å². The van der Waals surface area contributed by atoms with Crippen LogP contribution in [0, 0.1) is 5.92 Å². The van der Waals surface area contributed by atoms with Gasteiger partial charge < -0.3 is 26.4 Å². The van der Waals surface area contributed by atoms with Crippen LogP contribution in [0.15, 0.2) is 73.1 Å². The number of aliphatic hydroxyl groups is 1. The van der Waals surface area contributed by atoms with Gasteiger partial charge in [-0.25, -0.2) is 0 Å². The first-order valence-electron chi connectivity index (χ1n) is 18.2. The lowest BCUT2D eigenvalue weighted by molar-refractivity contribution is -0.111. The number of benzene rings is 2. The lowest BCUT2D eigenvalue weighted by atomic mass is 9.95. The second kappa shape index (κ2) is 16.0. The standard InChI is InChI=1S/C39H48N10O2/c1-26(2)33-24-44-49-37(33)46-38(42-23-29-14-16-40-25-34(29)50)47-39(49)43-22-28-9-4-5-10-31(28)36-32-13-12-30(21-27(32)15-17-41-36)45-35(51)11-8-20-48-18-6-3-7-19-48/h4-5,8-13,15,17,21,24,26,29,34,40,50H,3,6-7,14,16,18-20,22-23,25H2,1-2H3,(H,45,51)(H2,42,43,46,47)/b11-8+/t29-,34+/m1/s1. The first-order valence-corrected chi connectivity index (χ1v) is 18.2. The summed E-state index contributed by atoms with van der Waals surface area (Å²) in [6.07, 6.45) is 11.5. The molecule has 0 aliphatic carbocycles. The molecule has 2 aliphatic heterocycles. The number of amides is 1. The van der Waals surface area contributed by atoms with Crippen LogP contribution in [-0.2, 0) is 11.3 Å². The summed E-state index contributed by atoms with van der Waals surface area (Å²) in [5, 5.41) is 30.3. The van der Waals surface area contributed by atoms with E-state index in [1.807, 2.05) is 54.9 Å². The molecule has 2 aromatic carbocycles. The topological polar surface area (TPSA) is 145 Å². The van der Waals surface area contributed by atoms with Crippen LogP contribution in [0.1, 0.15) is 56.6 Å². The van der Waals surface area contributed by atoms with Gasteiger partial charge in [-0.1, -0.05) is 56.7 Å². The Morgan fingerprint density at radius 2 is 1.94 bits per heavy atom.